The van der Waals surface area contributed by atoms with E-state index in [1.165, 1.54) is 7.11 Å². The second-order valence-electron chi connectivity index (χ2n) is 1.49. The second-order valence-corrected chi connectivity index (χ2v) is 1.49. The third-order valence-corrected chi connectivity index (χ3v) is 0.928. The summed E-state index contributed by atoms with van der Waals surface area (Å²) in [6.45, 7) is 0. The minimum atomic E-state index is -0.389. The van der Waals surface area contributed by atoms with Crippen molar-refractivity contribution in [3.05, 3.63) is 24.0 Å². The molecule has 0 spiro atoms. The Balaban J connectivity index is 2.77. The van der Waals surface area contributed by atoms with E-state index >= 15 is 0 Å². The van der Waals surface area contributed by atoms with Gasteiger partial charge in [-0.3, -0.25) is 0 Å². The molecule has 0 fully saturated rings. The first kappa shape index (κ1) is 5.88. The molecule has 1 aromatic rings. The van der Waals surface area contributed by atoms with E-state index in [0.717, 1.165) is 0 Å². The molecule has 0 aliphatic carbocycles. The fraction of sp³-hybridized carbons (Fsp3) is 0.167. The molecule has 1 aromatic heterocycles. The van der Waals surface area contributed by atoms with Gasteiger partial charge in [0.25, 0.3) is 0 Å². The monoisotopic (exact) mass is 124 g/mol. The van der Waals surface area contributed by atoms with Crippen LogP contribution in [0, 0.1) is 6.07 Å². The topological polar surface area (TPSA) is 42.1 Å². The van der Waals surface area contributed by atoms with Gasteiger partial charge >= 0.3 is 5.97 Å². The predicted molar refractivity (Wildman–Crippen MR) is 31.0 cm³/mol. The smallest absolute Gasteiger partial charge is 0.355 e. The van der Waals surface area contributed by atoms with Gasteiger partial charge in [0.15, 0.2) is 0 Å². The molecule has 3 nitrogen and oxygen atoms in total. The number of carbonyl (C=O) groups is 1. The quantitative estimate of drug-likeness (QED) is 0.557. The van der Waals surface area contributed by atoms with Crippen LogP contribution in [0.4, 0.5) is 0 Å². The second kappa shape index (κ2) is 2.35. The highest BCUT2D eigenvalue weighted by Crippen LogP contribution is 1.93. The van der Waals surface area contributed by atoms with E-state index in [1.54, 1.807) is 12.3 Å². The normalized spacial score (nSPS) is 9.00. The number of rotatable bonds is 1. The van der Waals surface area contributed by atoms with Crippen LogP contribution >= 0.6 is 0 Å². The Morgan fingerprint density at radius 3 is 3.11 bits per heavy atom. The van der Waals surface area contributed by atoms with E-state index in [-0.39, 0.29) is 5.97 Å². The summed E-state index contributed by atoms with van der Waals surface area (Å²) in [7, 11) is 1.33. The van der Waals surface area contributed by atoms with Crippen molar-refractivity contribution >= 4 is 5.97 Å². The van der Waals surface area contributed by atoms with Gasteiger partial charge in [0, 0.05) is 12.3 Å². The number of carbonyl (C=O) groups excluding carboxylic acids is 1. The lowest BCUT2D eigenvalue weighted by Crippen LogP contribution is -2.00. The van der Waals surface area contributed by atoms with Crippen LogP contribution < -0.4 is 0 Å². The van der Waals surface area contributed by atoms with E-state index in [0.29, 0.717) is 5.69 Å². The molecule has 0 aliphatic heterocycles. The van der Waals surface area contributed by atoms with Crippen molar-refractivity contribution < 1.29 is 9.53 Å². The lowest BCUT2D eigenvalue weighted by molar-refractivity contribution is 0.0594. The Labute approximate surface area is 52.6 Å². The molecule has 0 unspecified atom stereocenters. The standard InChI is InChI=1S/C6H6NO2/c1-9-6(8)5-3-2-4-7-5/h2,4,7H,1H3. The van der Waals surface area contributed by atoms with Gasteiger partial charge in [0.2, 0.25) is 0 Å². The van der Waals surface area contributed by atoms with Gasteiger partial charge in [0.1, 0.15) is 5.69 Å². The third-order valence-electron chi connectivity index (χ3n) is 0.928. The maximum atomic E-state index is 10.6. The minimum Gasteiger partial charge on any atom is -0.464 e. The number of ether oxygens (including phenoxy) is 1. The molecule has 1 N–H and O–H groups in total. The highest BCUT2D eigenvalue weighted by Gasteiger charge is 2.02. The molecular formula is C6H6NO2. The van der Waals surface area contributed by atoms with Crippen LogP contribution in [0.15, 0.2) is 12.3 Å². The average Bonchev–Trinajstić information content (AvgIpc) is 2.37. The van der Waals surface area contributed by atoms with Crippen LogP contribution in [0.5, 0.6) is 0 Å². The van der Waals surface area contributed by atoms with E-state index in [9.17, 15) is 4.79 Å². The Kier molecular flexibility index (Phi) is 1.53. The van der Waals surface area contributed by atoms with Gasteiger partial charge in [-0.2, -0.15) is 0 Å². The van der Waals surface area contributed by atoms with Crippen LogP contribution in [0.25, 0.3) is 0 Å². The summed E-state index contributed by atoms with van der Waals surface area (Å²) in [5.74, 6) is -0.389. The zero-order valence-corrected chi connectivity index (χ0v) is 4.97. The lowest BCUT2D eigenvalue weighted by atomic mass is 10.4. The zero-order chi connectivity index (χ0) is 6.69. The fourth-order valence-electron chi connectivity index (χ4n) is 0.512. The molecule has 1 rings (SSSR count). The number of aromatic nitrogens is 1. The Bertz CT molecular complexity index is 191. The summed E-state index contributed by atoms with van der Waals surface area (Å²) in [4.78, 5) is 13.2. The van der Waals surface area contributed by atoms with Crippen LogP contribution in [0.2, 0.25) is 0 Å². The Hall–Kier alpha value is -1.25. The van der Waals surface area contributed by atoms with Crippen molar-refractivity contribution in [2.45, 2.75) is 0 Å². The fourth-order valence-corrected chi connectivity index (χ4v) is 0.512. The molecule has 0 atom stereocenters. The van der Waals surface area contributed by atoms with Crippen LogP contribution in [0.3, 0.4) is 0 Å². The van der Waals surface area contributed by atoms with Crippen molar-refractivity contribution in [3.8, 4) is 0 Å². The summed E-state index contributed by atoms with van der Waals surface area (Å²) in [6, 6.07) is 4.28. The average molecular weight is 124 g/mol. The maximum absolute atomic E-state index is 10.6. The first-order valence-electron chi connectivity index (χ1n) is 2.48. The molecule has 0 bridgehead atoms. The zero-order valence-electron chi connectivity index (χ0n) is 4.97. The van der Waals surface area contributed by atoms with Crippen molar-refractivity contribution in [2.24, 2.45) is 0 Å². The number of aromatic amines is 1. The molecule has 0 aromatic carbocycles. The SMILES string of the molecule is COC(=O)c1[c]cc[nH]1. The molecule has 9 heavy (non-hydrogen) atoms. The summed E-state index contributed by atoms with van der Waals surface area (Å²) < 4.78 is 4.39. The summed E-state index contributed by atoms with van der Waals surface area (Å²) in [5.41, 5.74) is 0.359. The first-order valence-corrected chi connectivity index (χ1v) is 2.48. The summed E-state index contributed by atoms with van der Waals surface area (Å²) >= 11 is 0. The van der Waals surface area contributed by atoms with Crippen molar-refractivity contribution in [2.75, 3.05) is 7.11 Å². The predicted octanol–water partition coefficient (Wildman–Crippen LogP) is 0.601. The highest BCUT2D eigenvalue weighted by atomic mass is 16.5. The molecular weight excluding hydrogens is 118 g/mol. The van der Waals surface area contributed by atoms with Gasteiger partial charge in [-0.15, -0.1) is 0 Å². The van der Waals surface area contributed by atoms with Gasteiger partial charge in [-0.1, -0.05) is 0 Å². The van der Waals surface area contributed by atoms with E-state index < -0.39 is 0 Å². The number of esters is 1. The largest absolute Gasteiger partial charge is 0.464 e. The van der Waals surface area contributed by atoms with E-state index in [2.05, 4.69) is 15.8 Å². The van der Waals surface area contributed by atoms with Gasteiger partial charge < -0.3 is 9.72 Å². The van der Waals surface area contributed by atoms with E-state index in [4.69, 9.17) is 0 Å². The Morgan fingerprint density at radius 1 is 1.89 bits per heavy atom. The van der Waals surface area contributed by atoms with Gasteiger partial charge in [0.05, 0.1) is 7.11 Å². The summed E-state index contributed by atoms with van der Waals surface area (Å²) in [6.07, 6.45) is 1.62. The Morgan fingerprint density at radius 2 is 2.67 bits per heavy atom. The first-order chi connectivity index (χ1) is 4.34. The minimum absolute atomic E-state index is 0.359. The molecule has 47 valence electrons. The molecule has 0 amide bonds. The molecule has 1 radical (unpaired) electrons. The number of hydrogen-bond donors (Lipinski definition) is 1. The van der Waals surface area contributed by atoms with Crippen LogP contribution in [-0.4, -0.2) is 18.1 Å². The van der Waals surface area contributed by atoms with Gasteiger partial charge in [-0.05, 0) is 6.07 Å². The molecule has 0 saturated carbocycles. The van der Waals surface area contributed by atoms with E-state index in [1.807, 2.05) is 0 Å². The van der Waals surface area contributed by atoms with Crippen LogP contribution in [0.1, 0.15) is 10.5 Å². The molecule has 3 heteroatoms. The number of methoxy groups -OCH3 is 1. The molecule has 0 saturated heterocycles. The highest BCUT2D eigenvalue weighted by molar-refractivity contribution is 5.86. The van der Waals surface area contributed by atoms with Crippen LogP contribution in [-0.2, 0) is 4.74 Å². The maximum Gasteiger partial charge on any atom is 0.355 e. The number of nitrogens with one attached hydrogen (secondary N) is 1. The van der Waals surface area contributed by atoms with Crippen molar-refractivity contribution in [3.63, 3.8) is 0 Å². The molecule has 1 heterocycles. The lowest BCUT2D eigenvalue weighted by Gasteiger charge is -1.90. The summed E-state index contributed by atoms with van der Waals surface area (Å²) in [5, 5.41) is 0. The number of hydrogen-bond acceptors (Lipinski definition) is 2. The third kappa shape index (κ3) is 1.10. The van der Waals surface area contributed by atoms with Crippen molar-refractivity contribution in [1.29, 1.82) is 0 Å². The molecule has 0 aliphatic rings. The number of H-pyrrole nitrogens is 1. The van der Waals surface area contributed by atoms with Crippen molar-refractivity contribution in [1.82, 2.24) is 4.98 Å². The van der Waals surface area contributed by atoms with Gasteiger partial charge in [-0.25, -0.2) is 4.79 Å².